The van der Waals surface area contributed by atoms with E-state index in [1.807, 2.05) is 96.3 Å². The first kappa shape index (κ1) is 34.8. The van der Waals surface area contributed by atoms with Gasteiger partial charge in [0, 0.05) is 30.5 Å². The summed E-state index contributed by atoms with van der Waals surface area (Å²) >= 11 is 0. The molecule has 0 aliphatic rings. The van der Waals surface area contributed by atoms with Crippen LogP contribution in [0.3, 0.4) is 0 Å². The normalized spacial score (nSPS) is 11.8. The van der Waals surface area contributed by atoms with Gasteiger partial charge in [-0.15, -0.1) is 0 Å². The molecule has 2 aromatic carbocycles. The zero-order chi connectivity index (χ0) is 31.8. The summed E-state index contributed by atoms with van der Waals surface area (Å²) in [6.45, 7) is 13.1. The number of benzene rings is 2. The number of rotatable bonds is 14. The highest BCUT2D eigenvalue weighted by Gasteiger charge is 2.30. The molecule has 0 fully saturated rings. The summed E-state index contributed by atoms with van der Waals surface area (Å²) in [4.78, 5) is 30.4. The summed E-state index contributed by atoms with van der Waals surface area (Å²) in [5.41, 5.74) is 4.71. The van der Waals surface area contributed by atoms with E-state index in [0.29, 0.717) is 18.1 Å². The highest BCUT2D eigenvalue weighted by molar-refractivity contribution is 5.85. The minimum atomic E-state index is -0.858. The number of anilines is 3. The van der Waals surface area contributed by atoms with E-state index in [4.69, 9.17) is 9.78 Å². The van der Waals surface area contributed by atoms with Crippen LogP contribution in [-0.4, -0.2) is 42.8 Å². The van der Waals surface area contributed by atoms with Gasteiger partial charge in [0.2, 0.25) is 11.9 Å². The fourth-order valence-electron chi connectivity index (χ4n) is 4.38. The molecule has 0 saturated carbocycles. The van der Waals surface area contributed by atoms with Gasteiger partial charge in [-0.1, -0.05) is 49.4 Å². The van der Waals surface area contributed by atoms with Crippen LogP contribution in [-0.2, 0) is 16.1 Å². The van der Waals surface area contributed by atoms with Crippen molar-refractivity contribution in [2.24, 2.45) is 5.41 Å². The number of aryl methyl sites for hydroxylation is 1. The van der Waals surface area contributed by atoms with Crippen LogP contribution in [0.5, 0.6) is 0 Å². The Morgan fingerprint density at radius 3 is 2.44 bits per heavy atom. The largest absolute Gasteiger partial charge is 0.369 e. The van der Waals surface area contributed by atoms with Crippen molar-refractivity contribution < 1.29 is 14.0 Å². The number of carbonyl (C=O) groups excluding carboxylic acids is 2. The fraction of sp³-hybridized carbons (Fsp3) is 0.353. The highest BCUT2D eigenvalue weighted by Crippen LogP contribution is 2.30. The minimum absolute atomic E-state index is 0.156. The van der Waals surface area contributed by atoms with Crippen LogP contribution in [0, 0.1) is 12.3 Å². The molecule has 43 heavy (non-hydrogen) atoms. The molecule has 4 N–H and O–H groups in total. The number of hydrogen-bond donors (Lipinski definition) is 4. The molecule has 0 bridgehead atoms. The third-order valence-electron chi connectivity index (χ3n) is 6.74. The van der Waals surface area contributed by atoms with E-state index in [-0.39, 0.29) is 11.7 Å². The fourth-order valence-corrected chi connectivity index (χ4v) is 4.38. The lowest BCUT2D eigenvalue weighted by Crippen LogP contribution is -2.37. The van der Waals surface area contributed by atoms with Gasteiger partial charge >= 0.3 is 0 Å². The van der Waals surface area contributed by atoms with Crippen LogP contribution in [0.1, 0.15) is 51.7 Å². The smallest absolute Gasteiger partial charge is 0.230 e. The number of amides is 1. The van der Waals surface area contributed by atoms with Crippen molar-refractivity contribution in [3.8, 4) is 11.1 Å². The maximum Gasteiger partial charge on any atom is 0.230 e. The standard InChI is InChI=1S/C33H43FN6O.CH2O/c1-7-10-27(20-24(3)34)33(4,5)31(41)37-21-25-13-15-26(16-14-25)29-22-38-32(39-28-12-8-11-23(2)19-28)40-30(29)36-18-9-17-35-6;1-2/h8,10-16,19-20,22,35H,7,9,17-18,21H2,1-6H3,(H,37,41)(H2,36,38,39,40);1H2/b24-20+,27-10+;. The molecule has 0 unspecified atom stereocenters. The van der Waals surface area contributed by atoms with Gasteiger partial charge < -0.3 is 26.1 Å². The molecule has 1 aromatic heterocycles. The molecule has 3 aromatic rings. The van der Waals surface area contributed by atoms with Gasteiger partial charge in [0.05, 0.1) is 11.2 Å². The number of nitrogens with zero attached hydrogens (tertiary/aromatic N) is 2. The highest BCUT2D eigenvalue weighted by atomic mass is 19.1. The Balaban J connectivity index is 0.00000316. The minimum Gasteiger partial charge on any atom is -0.369 e. The molecule has 8 nitrogen and oxygen atoms in total. The Morgan fingerprint density at radius 2 is 1.81 bits per heavy atom. The lowest BCUT2D eigenvalue weighted by Gasteiger charge is -2.25. The van der Waals surface area contributed by atoms with Crippen molar-refractivity contribution in [3.63, 3.8) is 0 Å². The van der Waals surface area contributed by atoms with Crippen LogP contribution in [0.4, 0.5) is 21.8 Å². The van der Waals surface area contributed by atoms with E-state index in [2.05, 4.69) is 32.3 Å². The van der Waals surface area contributed by atoms with E-state index in [0.717, 1.165) is 59.7 Å². The Kier molecular flexibility index (Phi) is 14.2. The maximum atomic E-state index is 13.6. The van der Waals surface area contributed by atoms with Crippen molar-refractivity contribution in [2.45, 2.75) is 54.0 Å². The molecule has 0 saturated heterocycles. The lowest BCUT2D eigenvalue weighted by atomic mass is 9.82. The Morgan fingerprint density at radius 1 is 1.09 bits per heavy atom. The third-order valence-corrected chi connectivity index (χ3v) is 6.74. The van der Waals surface area contributed by atoms with Crippen LogP contribution in [0.15, 0.2) is 78.3 Å². The lowest BCUT2D eigenvalue weighted by molar-refractivity contribution is -0.127. The van der Waals surface area contributed by atoms with Crippen LogP contribution in [0.25, 0.3) is 11.1 Å². The van der Waals surface area contributed by atoms with Gasteiger partial charge in [0.25, 0.3) is 0 Å². The number of nitrogens with one attached hydrogen (secondary N) is 4. The van der Waals surface area contributed by atoms with E-state index in [1.165, 1.54) is 13.0 Å². The van der Waals surface area contributed by atoms with E-state index in [9.17, 15) is 9.18 Å². The first-order valence-electron chi connectivity index (χ1n) is 14.4. The van der Waals surface area contributed by atoms with Crippen molar-refractivity contribution in [1.82, 2.24) is 20.6 Å². The molecule has 1 heterocycles. The number of halogens is 1. The molecule has 0 aliphatic carbocycles. The second-order valence-electron chi connectivity index (χ2n) is 10.6. The molecule has 0 aliphatic heterocycles. The van der Waals surface area contributed by atoms with Crippen molar-refractivity contribution >= 4 is 30.1 Å². The van der Waals surface area contributed by atoms with Crippen molar-refractivity contribution in [3.05, 3.63) is 89.4 Å². The predicted octanol–water partition coefficient (Wildman–Crippen LogP) is 6.88. The van der Waals surface area contributed by atoms with Gasteiger partial charge in [0.1, 0.15) is 12.6 Å². The second kappa shape index (κ2) is 17.6. The predicted molar refractivity (Wildman–Crippen MR) is 175 cm³/mol. The molecule has 9 heteroatoms. The molecule has 0 spiro atoms. The summed E-state index contributed by atoms with van der Waals surface area (Å²) in [5, 5.41) is 12.9. The number of aromatic nitrogens is 2. The topological polar surface area (TPSA) is 108 Å². The second-order valence-corrected chi connectivity index (χ2v) is 10.6. The average molecular weight is 589 g/mol. The zero-order valence-electron chi connectivity index (χ0n) is 26.2. The van der Waals surface area contributed by atoms with Gasteiger partial charge in [-0.25, -0.2) is 9.37 Å². The summed E-state index contributed by atoms with van der Waals surface area (Å²) in [5.74, 6) is 0.796. The van der Waals surface area contributed by atoms with E-state index in [1.54, 1.807) is 0 Å². The van der Waals surface area contributed by atoms with Gasteiger partial charge in [-0.2, -0.15) is 4.98 Å². The van der Waals surface area contributed by atoms with Crippen LogP contribution in [0.2, 0.25) is 0 Å². The van der Waals surface area contributed by atoms with Gasteiger partial charge in [0.15, 0.2) is 0 Å². The number of carbonyl (C=O) groups is 2. The SMILES string of the molecule is C=O.CC/C=C(\C=C(/C)F)C(C)(C)C(=O)NCc1ccc(-c2cnc(Nc3cccc(C)c3)nc2NCCCNC)cc1. The molecule has 230 valence electrons. The summed E-state index contributed by atoms with van der Waals surface area (Å²) in [6.07, 6.45) is 6.83. The first-order valence-corrected chi connectivity index (χ1v) is 14.4. The van der Waals surface area contributed by atoms with E-state index < -0.39 is 5.41 Å². The summed E-state index contributed by atoms with van der Waals surface area (Å²) < 4.78 is 13.6. The molecule has 3 rings (SSSR count). The van der Waals surface area contributed by atoms with E-state index >= 15 is 0 Å². The molecule has 0 radical (unpaired) electrons. The van der Waals surface area contributed by atoms with Gasteiger partial charge in [-0.3, -0.25) is 4.79 Å². The maximum absolute atomic E-state index is 13.6. The Hall–Kier alpha value is -4.37. The average Bonchev–Trinajstić information content (AvgIpc) is 2.99. The molecule has 1 amide bonds. The number of allylic oxidation sites excluding steroid dienone is 3. The third kappa shape index (κ3) is 10.8. The zero-order valence-corrected chi connectivity index (χ0v) is 26.2. The molecule has 0 atom stereocenters. The first-order chi connectivity index (χ1) is 20.6. The Bertz CT molecular complexity index is 1380. The monoisotopic (exact) mass is 588 g/mol. The Labute approximate surface area is 255 Å². The van der Waals surface area contributed by atoms with Crippen molar-refractivity contribution in [2.75, 3.05) is 30.8 Å². The van der Waals surface area contributed by atoms with Crippen LogP contribution < -0.4 is 21.3 Å². The summed E-state index contributed by atoms with van der Waals surface area (Å²) in [7, 11) is 1.94. The molecular weight excluding hydrogens is 543 g/mol. The van der Waals surface area contributed by atoms with Crippen molar-refractivity contribution in [1.29, 1.82) is 0 Å². The van der Waals surface area contributed by atoms with Crippen LogP contribution >= 0.6 is 0 Å². The number of hydrogen-bond acceptors (Lipinski definition) is 7. The van der Waals surface area contributed by atoms with Gasteiger partial charge in [-0.05, 0) is 94.6 Å². The quantitative estimate of drug-likeness (QED) is 0.120. The molecular formula is C34H45FN6O2. The summed E-state index contributed by atoms with van der Waals surface area (Å²) in [6, 6.07) is 16.1.